The van der Waals surface area contributed by atoms with Crippen LogP contribution in [0.3, 0.4) is 0 Å². The van der Waals surface area contributed by atoms with Crippen LogP contribution < -0.4 is 0 Å². The summed E-state index contributed by atoms with van der Waals surface area (Å²) in [6, 6.07) is 5.37. The van der Waals surface area contributed by atoms with Crippen molar-refractivity contribution in [3.63, 3.8) is 0 Å². The van der Waals surface area contributed by atoms with Gasteiger partial charge >= 0.3 is 5.97 Å². The molecular weight excluding hydrogens is 252 g/mol. The second-order valence-electron chi connectivity index (χ2n) is 6.17. The Balaban J connectivity index is 2.71. The normalized spacial score (nSPS) is 12.0. The molecule has 0 atom stereocenters. The number of nitrogens with zero attached hydrogens (tertiary/aromatic N) is 2. The van der Waals surface area contributed by atoms with Gasteiger partial charge in [0, 0.05) is 12.0 Å². The second-order valence-corrected chi connectivity index (χ2v) is 6.17. The van der Waals surface area contributed by atoms with Crippen molar-refractivity contribution in [2.24, 2.45) is 0 Å². The number of carbonyl (C=O) groups is 1. The van der Waals surface area contributed by atoms with E-state index in [2.05, 4.69) is 37.2 Å². The number of rotatable bonds is 4. The average molecular weight is 274 g/mol. The van der Waals surface area contributed by atoms with Crippen molar-refractivity contribution in [3.8, 4) is 0 Å². The van der Waals surface area contributed by atoms with Gasteiger partial charge in [-0.05, 0) is 18.6 Å². The molecule has 0 saturated carbocycles. The predicted octanol–water partition coefficient (Wildman–Crippen LogP) is 3.83. The molecule has 20 heavy (non-hydrogen) atoms. The zero-order valence-electron chi connectivity index (χ0n) is 12.6. The number of unbranched alkanes of at least 4 members (excludes halogenated alkanes) is 1. The minimum Gasteiger partial charge on any atom is -0.478 e. The molecular formula is C16H22N2O2. The van der Waals surface area contributed by atoms with Crippen LogP contribution in [0.25, 0.3) is 11.0 Å². The van der Waals surface area contributed by atoms with Gasteiger partial charge in [-0.1, -0.05) is 40.2 Å². The van der Waals surface area contributed by atoms with E-state index in [9.17, 15) is 9.90 Å². The Morgan fingerprint density at radius 1 is 1.35 bits per heavy atom. The first-order valence-electron chi connectivity index (χ1n) is 7.09. The fourth-order valence-electron chi connectivity index (χ4n) is 2.43. The molecule has 1 N–H and O–H groups in total. The van der Waals surface area contributed by atoms with Gasteiger partial charge in [0.25, 0.3) is 0 Å². The summed E-state index contributed by atoms with van der Waals surface area (Å²) in [5.74, 6) is 0.0332. The molecule has 0 unspecified atom stereocenters. The highest BCUT2D eigenvalue weighted by Gasteiger charge is 2.24. The number of carboxylic acid groups (broad SMARTS) is 1. The minimum atomic E-state index is -0.920. The monoisotopic (exact) mass is 274 g/mol. The molecule has 0 fully saturated rings. The van der Waals surface area contributed by atoms with Crippen molar-refractivity contribution in [1.29, 1.82) is 0 Å². The Hall–Kier alpha value is -1.84. The largest absolute Gasteiger partial charge is 0.478 e. The first-order chi connectivity index (χ1) is 9.36. The van der Waals surface area contributed by atoms with Crippen molar-refractivity contribution in [3.05, 3.63) is 29.6 Å². The molecule has 2 rings (SSSR count). The van der Waals surface area contributed by atoms with E-state index in [1.807, 2.05) is 6.07 Å². The van der Waals surface area contributed by atoms with Gasteiger partial charge in [-0.2, -0.15) is 0 Å². The van der Waals surface area contributed by atoms with Crippen molar-refractivity contribution >= 4 is 17.0 Å². The van der Waals surface area contributed by atoms with Gasteiger partial charge in [0.15, 0.2) is 0 Å². The Labute approximate surface area is 119 Å². The molecule has 4 nitrogen and oxygen atoms in total. The van der Waals surface area contributed by atoms with Crippen molar-refractivity contribution in [2.45, 2.75) is 52.5 Å². The zero-order chi connectivity index (χ0) is 14.9. The van der Waals surface area contributed by atoms with Gasteiger partial charge in [0.1, 0.15) is 11.3 Å². The number of hydrogen-bond acceptors (Lipinski definition) is 2. The van der Waals surface area contributed by atoms with Crippen LogP contribution in [0.1, 0.15) is 56.7 Å². The number of fused-ring (bicyclic) bond motifs is 1. The molecule has 1 aromatic carbocycles. The van der Waals surface area contributed by atoms with Gasteiger partial charge in [0.2, 0.25) is 0 Å². The van der Waals surface area contributed by atoms with Crippen molar-refractivity contribution in [2.75, 3.05) is 0 Å². The Morgan fingerprint density at radius 3 is 2.60 bits per heavy atom. The molecule has 108 valence electrons. The fraction of sp³-hybridized carbons (Fsp3) is 0.500. The van der Waals surface area contributed by atoms with E-state index in [1.54, 1.807) is 12.1 Å². The zero-order valence-corrected chi connectivity index (χ0v) is 12.6. The van der Waals surface area contributed by atoms with Crippen LogP contribution in [-0.4, -0.2) is 20.6 Å². The van der Waals surface area contributed by atoms with Gasteiger partial charge < -0.3 is 9.67 Å². The molecule has 0 spiro atoms. The van der Waals surface area contributed by atoms with E-state index in [0.29, 0.717) is 5.52 Å². The Morgan fingerprint density at radius 2 is 2.05 bits per heavy atom. The van der Waals surface area contributed by atoms with Gasteiger partial charge in [-0.25, -0.2) is 9.78 Å². The molecule has 4 heteroatoms. The van der Waals surface area contributed by atoms with Crippen LogP contribution in [0.2, 0.25) is 0 Å². The maximum atomic E-state index is 11.3. The number of aromatic carboxylic acids is 1. The second kappa shape index (κ2) is 5.27. The summed E-state index contributed by atoms with van der Waals surface area (Å²) in [5, 5.41) is 9.31. The molecule has 0 radical (unpaired) electrons. The molecule has 0 aliphatic heterocycles. The third kappa shape index (κ3) is 2.55. The summed E-state index contributed by atoms with van der Waals surface area (Å²) in [6.07, 6.45) is 2.16. The number of carboxylic acids is 1. The summed E-state index contributed by atoms with van der Waals surface area (Å²) in [7, 11) is 0. The van der Waals surface area contributed by atoms with Crippen LogP contribution >= 0.6 is 0 Å². The first kappa shape index (κ1) is 14.6. The number of benzene rings is 1. The van der Waals surface area contributed by atoms with Crippen LogP contribution in [0.5, 0.6) is 0 Å². The van der Waals surface area contributed by atoms with Crippen LogP contribution in [0.4, 0.5) is 0 Å². The molecule has 0 saturated heterocycles. The predicted molar refractivity (Wildman–Crippen MR) is 80.3 cm³/mol. The van der Waals surface area contributed by atoms with E-state index in [-0.39, 0.29) is 11.0 Å². The van der Waals surface area contributed by atoms with E-state index in [4.69, 9.17) is 0 Å². The van der Waals surface area contributed by atoms with Crippen LogP contribution in [-0.2, 0) is 12.0 Å². The number of aromatic nitrogens is 2. The lowest BCUT2D eigenvalue weighted by Gasteiger charge is -2.20. The number of aryl methyl sites for hydroxylation is 1. The number of para-hydroxylation sites is 1. The highest BCUT2D eigenvalue weighted by Crippen LogP contribution is 2.28. The highest BCUT2D eigenvalue weighted by atomic mass is 16.4. The summed E-state index contributed by atoms with van der Waals surface area (Å²) < 4.78 is 2.17. The number of hydrogen-bond donors (Lipinski definition) is 1. The molecule has 0 aliphatic rings. The van der Waals surface area contributed by atoms with E-state index < -0.39 is 5.97 Å². The van der Waals surface area contributed by atoms with Crippen molar-refractivity contribution < 1.29 is 9.90 Å². The average Bonchev–Trinajstić information content (AvgIpc) is 2.74. The maximum absolute atomic E-state index is 11.3. The smallest absolute Gasteiger partial charge is 0.337 e. The minimum absolute atomic E-state index is 0.109. The lowest BCUT2D eigenvalue weighted by Crippen LogP contribution is -2.19. The summed E-state index contributed by atoms with van der Waals surface area (Å²) in [5.41, 5.74) is 1.69. The standard InChI is InChI=1S/C16H22N2O2/c1-5-6-10-18-12-9-7-8-11(14(19)20)13(12)17-15(18)16(2,3)4/h7-9H,5-6,10H2,1-4H3,(H,19,20). The first-order valence-corrected chi connectivity index (χ1v) is 7.09. The molecule has 2 aromatic rings. The quantitative estimate of drug-likeness (QED) is 0.921. The topological polar surface area (TPSA) is 55.1 Å². The third-order valence-electron chi connectivity index (χ3n) is 3.42. The van der Waals surface area contributed by atoms with Gasteiger partial charge in [-0.3, -0.25) is 0 Å². The number of imidazole rings is 1. The van der Waals surface area contributed by atoms with Crippen LogP contribution in [0, 0.1) is 0 Å². The lowest BCUT2D eigenvalue weighted by atomic mass is 9.95. The van der Waals surface area contributed by atoms with E-state index in [1.165, 1.54) is 0 Å². The Kier molecular flexibility index (Phi) is 3.84. The summed E-state index contributed by atoms with van der Waals surface area (Å²) in [6.45, 7) is 9.35. The molecule has 1 aromatic heterocycles. The molecule has 0 amide bonds. The molecule has 0 aliphatic carbocycles. The SMILES string of the molecule is CCCCn1c(C(C)(C)C)nc2c(C(=O)O)cccc21. The third-order valence-corrected chi connectivity index (χ3v) is 3.42. The van der Waals surface area contributed by atoms with Gasteiger partial charge in [-0.15, -0.1) is 0 Å². The van der Waals surface area contributed by atoms with Gasteiger partial charge in [0.05, 0.1) is 11.1 Å². The molecule has 1 heterocycles. The summed E-state index contributed by atoms with van der Waals surface area (Å²) in [4.78, 5) is 16.0. The van der Waals surface area contributed by atoms with E-state index in [0.717, 1.165) is 30.7 Å². The summed E-state index contributed by atoms with van der Waals surface area (Å²) >= 11 is 0. The van der Waals surface area contributed by atoms with Crippen molar-refractivity contribution in [1.82, 2.24) is 9.55 Å². The van der Waals surface area contributed by atoms with Crippen LogP contribution in [0.15, 0.2) is 18.2 Å². The lowest BCUT2D eigenvalue weighted by molar-refractivity contribution is 0.0699. The maximum Gasteiger partial charge on any atom is 0.337 e. The molecule has 0 bridgehead atoms. The Bertz CT molecular complexity index is 636. The highest BCUT2D eigenvalue weighted by molar-refractivity contribution is 6.01. The van der Waals surface area contributed by atoms with E-state index >= 15 is 0 Å². The fourth-order valence-corrected chi connectivity index (χ4v) is 2.43.